The van der Waals surface area contributed by atoms with Gasteiger partial charge in [0.15, 0.2) is 0 Å². The van der Waals surface area contributed by atoms with Crippen molar-refractivity contribution in [1.82, 2.24) is 9.97 Å². The zero-order valence-electron chi connectivity index (χ0n) is 23.5. The summed E-state index contributed by atoms with van der Waals surface area (Å²) < 4.78 is 13.0. The summed E-state index contributed by atoms with van der Waals surface area (Å²) in [5.41, 5.74) is 1.26. The van der Waals surface area contributed by atoms with Crippen molar-refractivity contribution < 1.29 is 14.3 Å². The maximum Gasteiger partial charge on any atom is 0.233 e. The third-order valence-electron chi connectivity index (χ3n) is 8.78. The van der Waals surface area contributed by atoms with E-state index in [9.17, 15) is 10.1 Å². The number of aromatic nitrogens is 2. The summed E-state index contributed by atoms with van der Waals surface area (Å²) in [5, 5.41) is 12.2. The largest absolute Gasteiger partial charge is 0.477 e. The monoisotopic (exact) mass is 564 g/mol. The van der Waals surface area contributed by atoms with Crippen LogP contribution in [0.25, 0.3) is 21.3 Å². The van der Waals surface area contributed by atoms with Gasteiger partial charge >= 0.3 is 0 Å². The lowest BCUT2D eigenvalue weighted by Crippen LogP contribution is -2.48. The predicted octanol–water partition coefficient (Wildman–Crippen LogP) is 6.71. The third kappa shape index (κ3) is 4.50. The minimum Gasteiger partial charge on any atom is -0.477 e. The highest BCUT2D eigenvalue weighted by Gasteiger charge is 2.66. The smallest absolute Gasteiger partial charge is 0.233 e. The van der Waals surface area contributed by atoms with E-state index < -0.39 is 11.2 Å². The Hall–Kier alpha value is -4.06. The minimum atomic E-state index is -0.600. The second kappa shape index (κ2) is 10.4. The number of thiazole rings is 1. The quantitative estimate of drug-likeness (QED) is 0.221. The first-order valence-corrected chi connectivity index (χ1v) is 14.6. The number of amides is 1. The zero-order chi connectivity index (χ0) is 28.8. The van der Waals surface area contributed by atoms with Gasteiger partial charge in [-0.2, -0.15) is 5.26 Å². The van der Waals surface area contributed by atoms with Crippen LogP contribution in [0.3, 0.4) is 0 Å². The predicted molar refractivity (Wildman–Crippen MR) is 161 cm³/mol. The van der Waals surface area contributed by atoms with Crippen LogP contribution >= 0.6 is 11.3 Å². The van der Waals surface area contributed by atoms with Gasteiger partial charge in [0.2, 0.25) is 11.8 Å². The van der Waals surface area contributed by atoms with Crippen LogP contribution in [0, 0.1) is 30.1 Å². The summed E-state index contributed by atoms with van der Waals surface area (Å²) >= 11 is 1.60. The van der Waals surface area contributed by atoms with Gasteiger partial charge in [-0.3, -0.25) is 9.78 Å². The SMILES string of the molecule is C=C[C@@H]1[C@H](C(=O)N(C)c2ccc(C#N)c3ccccc23)[C@@]2(C)CC[C@]1(CCOc1nc(-c3ccncc3)sc1C)O2. The molecule has 2 bridgehead atoms. The molecule has 0 N–H and O–H groups in total. The van der Waals surface area contributed by atoms with Crippen LogP contribution < -0.4 is 9.64 Å². The highest BCUT2D eigenvalue weighted by molar-refractivity contribution is 7.15. The molecule has 8 heteroatoms. The first-order valence-electron chi connectivity index (χ1n) is 13.8. The van der Waals surface area contributed by atoms with Crippen molar-refractivity contribution in [2.45, 2.75) is 44.3 Å². The van der Waals surface area contributed by atoms with E-state index in [0.29, 0.717) is 24.5 Å². The molecule has 0 spiro atoms. The Kier molecular flexibility index (Phi) is 6.88. The van der Waals surface area contributed by atoms with Crippen molar-refractivity contribution in [3.8, 4) is 22.5 Å². The van der Waals surface area contributed by atoms with Crippen molar-refractivity contribution in [1.29, 1.82) is 5.26 Å². The van der Waals surface area contributed by atoms with Crippen LogP contribution in [-0.2, 0) is 9.53 Å². The molecule has 2 aromatic heterocycles. The summed E-state index contributed by atoms with van der Waals surface area (Å²) in [6.45, 7) is 8.64. The lowest BCUT2D eigenvalue weighted by atomic mass is 9.65. The molecule has 0 aliphatic carbocycles. The molecule has 0 saturated carbocycles. The number of hydrogen-bond donors (Lipinski definition) is 0. The molecule has 4 atom stereocenters. The summed E-state index contributed by atoms with van der Waals surface area (Å²) in [6.07, 6.45) is 7.68. The number of rotatable bonds is 8. The van der Waals surface area contributed by atoms with E-state index in [1.54, 1.807) is 34.7 Å². The van der Waals surface area contributed by atoms with E-state index in [0.717, 1.165) is 44.7 Å². The maximum atomic E-state index is 14.2. The molecule has 0 radical (unpaired) electrons. The number of anilines is 1. The topological polar surface area (TPSA) is 88.3 Å². The van der Waals surface area contributed by atoms with Crippen LogP contribution in [0.2, 0.25) is 0 Å². The van der Waals surface area contributed by atoms with Gasteiger partial charge in [0.25, 0.3) is 0 Å². The number of benzene rings is 2. The minimum absolute atomic E-state index is 0.00732. The molecule has 2 aliphatic heterocycles. The Balaban J connectivity index is 1.22. The van der Waals surface area contributed by atoms with Crippen LogP contribution in [0.1, 0.15) is 36.6 Å². The van der Waals surface area contributed by atoms with E-state index >= 15 is 0 Å². The van der Waals surface area contributed by atoms with E-state index in [1.807, 2.05) is 62.5 Å². The molecule has 6 rings (SSSR count). The number of ether oxygens (including phenoxy) is 2. The van der Waals surface area contributed by atoms with Crippen molar-refractivity contribution in [3.05, 3.63) is 84.0 Å². The summed E-state index contributed by atoms with van der Waals surface area (Å²) in [5.74, 6) is 0.0834. The highest BCUT2D eigenvalue weighted by atomic mass is 32.1. The molecular formula is C33H32N4O3S. The summed E-state index contributed by atoms with van der Waals surface area (Å²) in [6, 6.07) is 17.5. The number of aryl methyl sites for hydroxylation is 1. The Bertz CT molecular complexity index is 1680. The molecule has 0 unspecified atom stereocenters. The van der Waals surface area contributed by atoms with Gasteiger partial charge in [0.05, 0.1) is 45.9 Å². The standard InChI is InChI=1S/C33H32N4O3S/c1-5-26-28(31(38)37(4)27-11-10-23(20-34)24-8-6-7-9-25(24)27)32(3)14-15-33(26,40-32)16-19-39-29-21(2)41-30(36-29)22-12-17-35-18-13-22/h5-13,17-18,26,28H,1,14-16,19H2,2-4H3/t26-,28-,32-,33-/m1/s1. The molecule has 2 aliphatic rings. The molecule has 1 amide bonds. The molecule has 4 heterocycles. The molecule has 2 aromatic carbocycles. The number of fused-ring (bicyclic) bond motifs is 3. The second-order valence-corrected chi connectivity index (χ2v) is 12.3. The molecular weight excluding hydrogens is 532 g/mol. The molecule has 2 fully saturated rings. The maximum absolute atomic E-state index is 14.2. The fourth-order valence-electron chi connectivity index (χ4n) is 6.73. The first-order chi connectivity index (χ1) is 19.8. The fraction of sp³-hybridized carbons (Fsp3) is 0.333. The van der Waals surface area contributed by atoms with Crippen molar-refractivity contribution >= 4 is 33.7 Å². The fourth-order valence-corrected chi connectivity index (χ4v) is 7.59. The Morgan fingerprint density at radius 1 is 1.22 bits per heavy atom. The number of carbonyl (C=O) groups excluding carboxylic acids is 1. The van der Waals surface area contributed by atoms with Crippen molar-refractivity contribution in [2.75, 3.05) is 18.6 Å². The van der Waals surface area contributed by atoms with Gasteiger partial charge in [0.1, 0.15) is 5.01 Å². The number of nitriles is 1. The van der Waals surface area contributed by atoms with Crippen molar-refractivity contribution in [2.24, 2.45) is 11.8 Å². The highest BCUT2D eigenvalue weighted by Crippen LogP contribution is 2.60. The normalized spacial score (nSPS) is 24.7. The number of carbonyl (C=O) groups is 1. The average molecular weight is 565 g/mol. The second-order valence-electron chi connectivity index (χ2n) is 11.1. The zero-order valence-corrected chi connectivity index (χ0v) is 24.3. The lowest BCUT2D eigenvalue weighted by Gasteiger charge is -2.37. The van der Waals surface area contributed by atoms with Gasteiger partial charge in [-0.15, -0.1) is 17.9 Å². The molecule has 4 aromatic rings. The van der Waals surface area contributed by atoms with Gasteiger partial charge in [-0.05, 0) is 51.0 Å². The van der Waals surface area contributed by atoms with Gasteiger partial charge < -0.3 is 14.4 Å². The van der Waals surface area contributed by atoms with E-state index in [1.165, 1.54) is 0 Å². The van der Waals surface area contributed by atoms with Gasteiger partial charge in [-0.1, -0.05) is 30.3 Å². The summed E-state index contributed by atoms with van der Waals surface area (Å²) in [4.78, 5) is 25.8. The van der Waals surface area contributed by atoms with Gasteiger partial charge in [0, 0.05) is 48.1 Å². The average Bonchev–Trinajstić information content (AvgIpc) is 3.62. The molecule has 7 nitrogen and oxygen atoms in total. The number of hydrogen-bond acceptors (Lipinski definition) is 7. The van der Waals surface area contributed by atoms with Crippen molar-refractivity contribution in [3.63, 3.8) is 0 Å². The third-order valence-corrected chi connectivity index (χ3v) is 9.79. The molecule has 208 valence electrons. The van der Waals surface area contributed by atoms with E-state index in [-0.39, 0.29) is 17.7 Å². The van der Waals surface area contributed by atoms with E-state index in [4.69, 9.17) is 14.5 Å². The Morgan fingerprint density at radius 2 is 1.98 bits per heavy atom. The number of pyridine rings is 1. The first kappa shape index (κ1) is 27.1. The van der Waals surface area contributed by atoms with Crippen LogP contribution in [0.4, 0.5) is 5.69 Å². The van der Waals surface area contributed by atoms with Crippen LogP contribution in [0.5, 0.6) is 5.88 Å². The lowest BCUT2D eigenvalue weighted by molar-refractivity contribution is -0.127. The summed E-state index contributed by atoms with van der Waals surface area (Å²) in [7, 11) is 1.81. The Labute approximate surface area is 244 Å². The molecule has 41 heavy (non-hydrogen) atoms. The van der Waals surface area contributed by atoms with E-state index in [2.05, 4.69) is 24.6 Å². The van der Waals surface area contributed by atoms with Crippen LogP contribution in [0.15, 0.2) is 73.6 Å². The Morgan fingerprint density at radius 3 is 2.71 bits per heavy atom. The van der Waals surface area contributed by atoms with Crippen LogP contribution in [-0.4, -0.2) is 40.7 Å². The van der Waals surface area contributed by atoms with Gasteiger partial charge in [-0.25, -0.2) is 4.98 Å². The molecule has 2 saturated heterocycles. The number of nitrogens with zero attached hydrogens (tertiary/aromatic N) is 4.